The van der Waals surface area contributed by atoms with Crippen molar-refractivity contribution in [2.45, 2.75) is 62.5 Å². The number of carbonyl (C=O) groups excluding carboxylic acids is 1. The number of phenols is 3. The zero-order chi connectivity index (χ0) is 25.1. The number of ether oxygens (including phenoxy) is 2. The summed E-state index contributed by atoms with van der Waals surface area (Å²) in [5.41, 5.74) is 0.666. The first-order valence-electron chi connectivity index (χ1n) is 10.9. The molecule has 0 spiro atoms. The summed E-state index contributed by atoms with van der Waals surface area (Å²) in [7, 11) is 0. The topological polar surface area (TPSA) is 177 Å². The van der Waals surface area contributed by atoms with Crippen molar-refractivity contribution in [2.75, 3.05) is 6.61 Å². The van der Waals surface area contributed by atoms with Gasteiger partial charge in [-0.25, -0.2) is 0 Å². The lowest BCUT2D eigenvalue weighted by atomic mass is 9.87. The van der Waals surface area contributed by atoms with Crippen LogP contribution in [-0.2, 0) is 26.5 Å². The molecule has 186 valence electrons. The molecule has 2 aromatic carbocycles. The molecule has 0 bridgehead atoms. The number of rotatable bonds is 9. The number of aryl methyl sites for hydroxylation is 1. The molecule has 0 amide bonds. The first kappa shape index (κ1) is 25.9. The number of aromatic hydroxyl groups is 3. The number of Topliss-reactive ketones (excluding diaryl/α,β-unsaturated/α-hetero) is 1. The molecule has 2 aromatic rings. The first-order chi connectivity index (χ1) is 16.0. The minimum absolute atomic E-state index is 0.107. The molecule has 34 heavy (non-hydrogen) atoms. The zero-order valence-electron chi connectivity index (χ0n) is 18.7. The number of benzene rings is 2. The number of ketones is 1. The van der Waals surface area contributed by atoms with Gasteiger partial charge in [-0.05, 0) is 62.1 Å². The molecule has 0 saturated carbocycles. The van der Waals surface area contributed by atoms with Crippen LogP contribution in [0.25, 0.3) is 0 Å². The maximum absolute atomic E-state index is 11.6. The molecule has 1 fully saturated rings. The molecule has 10 nitrogen and oxygen atoms in total. The van der Waals surface area contributed by atoms with Crippen LogP contribution in [0.4, 0.5) is 0 Å². The summed E-state index contributed by atoms with van der Waals surface area (Å²) in [5, 5.41) is 72.4. The summed E-state index contributed by atoms with van der Waals surface area (Å²) in [6, 6.07) is 9.65. The van der Waals surface area contributed by atoms with Crippen LogP contribution >= 0.6 is 0 Å². The van der Waals surface area contributed by atoms with Gasteiger partial charge < -0.3 is 50.0 Å². The van der Waals surface area contributed by atoms with Gasteiger partial charge in [0.25, 0.3) is 0 Å². The van der Waals surface area contributed by atoms with E-state index in [4.69, 9.17) is 9.47 Å². The first-order valence-corrected chi connectivity index (χ1v) is 10.9. The Morgan fingerprint density at radius 1 is 1.06 bits per heavy atom. The molecule has 1 unspecified atom stereocenters. The highest BCUT2D eigenvalue weighted by molar-refractivity contribution is 5.75. The SMILES string of the molecule is CC(=O)CCC(CCc1ccc(O)cc1)O[C@]1(O)[C@H](O)CO[C@](O)(c2ccc(O)c(O)c2)[C@@H]1O. The quantitative estimate of drug-likeness (QED) is 0.201. The van der Waals surface area contributed by atoms with Crippen molar-refractivity contribution in [3.8, 4) is 17.2 Å². The van der Waals surface area contributed by atoms with Gasteiger partial charge in [0.05, 0.1) is 12.7 Å². The number of aliphatic hydroxyl groups is 4. The fourth-order valence-electron chi connectivity index (χ4n) is 3.88. The Morgan fingerprint density at radius 3 is 2.35 bits per heavy atom. The van der Waals surface area contributed by atoms with Gasteiger partial charge in [-0.3, -0.25) is 0 Å². The second-order valence-electron chi connectivity index (χ2n) is 8.57. The lowest BCUT2D eigenvalue weighted by molar-refractivity contribution is -0.424. The van der Waals surface area contributed by atoms with Crippen LogP contribution in [0.15, 0.2) is 42.5 Å². The Hall–Kier alpha value is -2.73. The molecule has 0 radical (unpaired) electrons. The van der Waals surface area contributed by atoms with E-state index >= 15 is 0 Å². The predicted molar refractivity (Wildman–Crippen MR) is 118 cm³/mol. The third-order valence-electron chi connectivity index (χ3n) is 5.96. The Balaban J connectivity index is 1.84. The average molecular weight is 478 g/mol. The summed E-state index contributed by atoms with van der Waals surface area (Å²) in [4.78, 5) is 11.6. The van der Waals surface area contributed by atoms with E-state index in [9.17, 15) is 40.5 Å². The third kappa shape index (κ3) is 5.49. The number of hydrogen-bond acceptors (Lipinski definition) is 10. The van der Waals surface area contributed by atoms with Gasteiger partial charge in [-0.15, -0.1) is 0 Å². The number of carbonyl (C=O) groups is 1. The lowest BCUT2D eigenvalue weighted by Gasteiger charge is -2.49. The van der Waals surface area contributed by atoms with E-state index < -0.39 is 48.0 Å². The van der Waals surface area contributed by atoms with E-state index in [0.717, 1.165) is 17.7 Å². The summed E-state index contributed by atoms with van der Waals surface area (Å²) in [6.07, 6.45) is -3.74. The van der Waals surface area contributed by atoms with Crippen molar-refractivity contribution in [3.63, 3.8) is 0 Å². The van der Waals surface area contributed by atoms with Crippen LogP contribution in [0, 0.1) is 0 Å². The second-order valence-corrected chi connectivity index (χ2v) is 8.57. The minimum Gasteiger partial charge on any atom is -0.508 e. The molecular formula is C24H30O10. The van der Waals surface area contributed by atoms with E-state index in [0.29, 0.717) is 12.8 Å². The van der Waals surface area contributed by atoms with Gasteiger partial charge in [-0.1, -0.05) is 12.1 Å². The Kier molecular flexibility index (Phi) is 7.81. The van der Waals surface area contributed by atoms with Gasteiger partial charge in [0.1, 0.15) is 17.6 Å². The smallest absolute Gasteiger partial charge is 0.227 e. The van der Waals surface area contributed by atoms with Crippen LogP contribution in [-0.4, -0.2) is 72.2 Å². The van der Waals surface area contributed by atoms with E-state index in [-0.39, 0.29) is 29.9 Å². The molecule has 7 N–H and O–H groups in total. The number of hydrogen-bond donors (Lipinski definition) is 7. The summed E-state index contributed by atoms with van der Waals surface area (Å²) < 4.78 is 11.0. The highest BCUT2D eigenvalue weighted by atomic mass is 16.7. The van der Waals surface area contributed by atoms with Gasteiger partial charge in [-0.2, -0.15) is 0 Å². The molecule has 0 aliphatic carbocycles. The normalized spacial score (nSPS) is 27.9. The Morgan fingerprint density at radius 2 is 1.74 bits per heavy atom. The molecule has 1 aliphatic heterocycles. The Bertz CT molecular complexity index is 994. The predicted octanol–water partition coefficient (Wildman–Crippen LogP) is 0.776. The molecule has 1 heterocycles. The van der Waals surface area contributed by atoms with Gasteiger partial charge in [0.15, 0.2) is 17.6 Å². The molecule has 5 atom stereocenters. The molecule has 1 aliphatic rings. The van der Waals surface area contributed by atoms with Crippen LogP contribution < -0.4 is 0 Å². The van der Waals surface area contributed by atoms with E-state index in [2.05, 4.69) is 0 Å². The van der Waals surface area contributed by atoms with Crippen molar-refractivity contribution in [1.82, 2.24) is 0 Å². The maximum Gasteiger partial charge on any atom is 0.227 e. The van der Waals surface area contributed by atoms with Crippen LogP contribution in [0.5, 0.6) is 17.2 Å². The van der Waals surface area contributed by atoms with Crippen LogP contribution in [0.2, 0.25) is 0 Å². The van der Waals surface area contributed by atoms with E-state index in [1.807, 2.05) is 0 Å². The van der Waals surface area contributed by atoms with Crippen molar-refractivity contribution < 1.29 is 50.0 Å². The molecule has 0 aromatic heterocycles. The monoisotopic (exact) mass is 478 g/mol. The number of aliphatic hydroxyl groups excluding tert-OH is 2. The lowest BCUT2D eigenvalue weighted by Crippen LogP contribution is -2.69. The fraction of sp³-hybridized carbons (Fsp3) is 0.458. The number of phenolic OH excluding ortho intramolecular Hbond substituents is 3. The maximum atomic E-state index is 11.6. The molecule has 10 heteroatoms. The van der Waals surface area contributed by atoms with Crippen molar-refractivity contribution >= 4 is 5.78 Å². The van der Waals surface area contributed by atoms with Crippen LogP contribution in [0.3, 0.4) is 0 Å². The average Bonchev–Trinajstić information content (AvgIpc) is 2.80. The van der Waals surface area contributed by atoms with Gasteiger partial charge >= 0.3 is 0 Å². The highest BCUT2D eigenvalue weighted by Gasteiger charge is 2.60. The van der Waals surface area contributed by atoms with Crippen molar-refractivity contribution in [1.29, 1.82) is 0 Å². The summed E-state index contributed by atoms with van der Waals surface area (Å²) >= 11 is 0. The minimum atomic E-state index is -2.68. The molecule has 3 rings (SSSR count). The second kappa shape index (κ2) is 10.3. The molecular weight excluding hydrogens is 448 g/mol. The highest BCUT2D eigenvalue weighted by Crippen LogP contribution is 2.42. The standard InChI is InChI=1S/C24H30O10/c1-14(25)2-9-18(10-5-15-3-7-17(26)8-4-15)34-24(32)21(29)13-33-23(31,22(24)30)16-6-11-19(27)20(28)12-16/h3-4,6-8,11-12,18,21-22,26-32H,2,5,9-10,13H2,1H3/t18?,21-,22+,23-,24-/m1/s1. The van der Waals surface area contributed by atoms with Crippen molar-refractivity contribution in [3.05, 3.63) is 53.6 Å². The summed E-state index contributed by atoms with van der Waals surface area (Å²) in [6.45, 7) is 0.781. The van der Waals surface area contributed by atoms with E-state index in [1.54, 1.807) is 12.1 Å². The van der Waals surface area contributed by atoms with Gasteiger partial charge in [0, 0.05) is 12.0 Å². The third-order valence-corrected chi connectivity index (χ3v) is 5.96. The van der Waals surface area contributed by atoms with E-state index in [1.165, 1.54) is 25.1 Å². The largest absolute Gasteiger partial charge is 0.508 e. The van der Waals surface area contributed by atoms with Crippen LogP contribution in [0.1, 0.15) is 37.3 Å². The fourth-order valence-corrected chi connectivity index (χ4v) is 3.88. The zero-order valence-corrected chi connectivity index (χ0v) is 18.7. The summed E-state index contributed by atoms with van der Waals surface area (Å²) in [5.74, 6) is -6.34. The van der Waals surface area contributed by atoms with Gasteiger partial charge in [0.2, 0.25) is 11.6 Å². The Labute approximate surface area is 196 Å². The van der Waals surface area contributed by atoms with Crippen molar-refractivity contribution in [2.24, 2.45) is 0 Å². The molecule has 1 saturated heterocycles.